The van der Waals surface area contributed by atoms with Crippen molar-refractivity contribution in [3.8, 4) is 0 Å². The van der Waals surface area contributed by atoms with Gasteiger partial charge in [0.25, 0.3) is 0 Å². The van der Waals surface area contributed by atoms with Gasteiger partial charge in [0.1, 0.15) is 0 Å². The number of fused-ring (bicyclic) bond motifs is 4. The summed E-state index contributed by atoms with van der Waals surface area (Å²) in [5.74, 6) is 1.12. The maximum Gasteiger partial charge on any atom is 0.0141 e. The van der Waals surface area contributed by atoms with E-state index in [4.69, 9.17) is 0 Å². The molecule has 0 spiro atoms. The van der Waals surface area contributed by atoms with Gasteiger partial charge in [0.15, 0.2) is 0 Å². The smallest absolute Gasteiger partial charge is 0.0141 e. The van der Waals surface area contributed by atoms with Crippen molar-refractivity contribution in [1.29, 1.82) is 0 Å². The molecule has 3 fully saturated rings. The Balaban J connectivity index is 1.73. The van der Waals surface area contributed by atoms with Crippen molar-refractivity contribution in [2.75, 3.05) is 6.54 Å². The van der Waals surface area contributed by atoms with E-state index in [2.05, 4.69) is 4.90 Å². The van der Waals surface area contributed by atoms with E-state index >= 15 is 0 Å². The molecular formula is C11H19N. The van der Waals surface area contributed by atoms with E-state index in [0.717, 1.165) is 18.0 Å². The predicted octanol–water partition coefficient (Wildman–Crippen LogP) is 2.41. The first-order valence-electron chi connectivity index (χ1n) is 5.72. The van der Waals surface area contributed by atoms with Crippen LogP contribution in [0.5, 0.6) is 0 Å². The van der Waals surface area contributed by atoms with E-state index in [-0.39, 0.29) is 0 Å². The largest absolute Gasteiger partial charge is 0.297 e. The molecule has 0 bridgehead atoms. The summed E-state index contributed by atoms with van der Waals surface area (Å²) in [6.45, 7) is 1.42. The number of rotatable bonds is 0. The lowest BCUT2D eigenvalue weighted by Crippen LogP contribution is -2.66. The first-order valence-corrected chi connectivity index (χ1v) is 5.72. The molecule has 12 heavy (non-hydrogen) atoms. The molecule has 1 heteroatoms. The Kier molecular flexibility index (Phi) is 1.68. The summed E-state index contributed by atoms with van der Waals surface area (Å²) in [7, 11) is 0. The van der Waals surface area contributed by atoms with Crippen LogP contribution < -0.4 is 0 Å². The minimum atomic E-state index is 1.03. The zero-order valence-corrected chi connectivity index (χ0v) is 7.84. The van der Waals surface area contributed by atoms with Crippen LogP contribution >= 0.6 is 0 Å². The Hall–Kier alpha value is -0.0400. The first-order chi connectivity index (χ1) is 5.97. The topological polar surface area (TPSA) is 3.24 Å². The average Bonchev–Trinajstić information content (AvgIpc) is 2.14. The Morgan fingerprint density at radius 3 is 2.25 bits per heavy atom. The van der Waals surface area contributed by atoms with Gasteiger partial charge in [-0.1, -0.05) is 19.3 Å². The lowest BCUT2D eigenvalue weighted by Gasteiger charge is -2.60. The zero-order chi connectivity index (χ0) is 7.97. The van der Waals surface area contributed by atoms with Crippen LogP contribution in [-0.2, 0) is 0 Å². The standard InChI is InChI=1S/C11H19N/c1-2-6-10-9(5-1)11-7-3-4-8-12(10)11/h9-11H,1-8H2. The number of hydrogen-bond donors (Lipinski definition) is 0. The van der Waals surface area contributed by atoms with Crippen molar-refractivity contribution in [2.45, 2.75) is 57.0 Å². The van der Waals surface area contributed by atoms with Crippen LogP contribution in [0.3, 0.4) is 0 Å². The van der Waals surface area contributed by atoms with Gasteiger partial charge in [-0.15, -0.1) is 0 Å². The third kappa shape index (κ3) is 0.891. The van der Waals surface area contributed by atoms with Crippen LogP contribution in [0.1, 0.15) is 44.9 Å². The lowest BCUT2D eigenvalue weighted by atomic mass is 9.68. The summed E-state index contributed by atoms with van der Waals surface area (Å²) < 4.78 is 0. The minimum absolute atomic E-state index is 1.03. The molecule has 0 aromatic heterocycles. The summed E-state index contributed by atoms with van der Waals surface area (Å²) in [5.41, 5.74) is 0. The van der Waals surface area contributed by atoms with E-state index in [1.54, 1.807) is 6.42 Å². The molecule has 1 nitrogen and oxygen atoms in total. The van der Waals surface area contributed by atoms with E-state index in [1.165, 1.54) is 45.1 Å². The van der Waals surface area contributed by atoms with Crippen molar-refractivity contribution in [1.82, 2.24) is 4.90 Å². The monoisotopic (exact) mass is 165 g/mol. The summed E-state index contributed by atoms with van der Waals surface area (Å²) >= 11 is 0. The maximum atomic E-state index is 2.81. The highest BCUT2D eigenvalue weighted by Crippen LogP contribution is 2.46. The number of hydrogen-bond acceptors (Lipinski definition) is 1. The third-order valence-electron chi connectivity index (χ3n) is 4.29. The van der Waals surface area contributed by atoms with E-state index < -0.39 is 0 Å². The minimum Gasteiger partial charge on any atom is -0.297 e. The highest BCUT2D eigenvalue weighted by Gasteiger charge is 2.48. The van der Waals surface area contributed by atoms with Crippen molar-refractivity contribution in [3.63, 3.8) is 0 Å². The van der Waals surface area contributed by atoms with Gasteiger partial charge in [-0.25, -0.2) is 0 Å². The Morgan fingerprint density at radius 2 is 1.42 bits per heavy atom. The highest BCUT2D eigenvalue weighted by molar-refractivity contribution is 5.03. The molecule has 3 atom stereocenters. The predicted molar refractivity (Wildman–Crippen MR) is 50.1 cm³/mol. The molecule has 1 saturated carbocycles. The third-order valence-corrected chi connectivity index (χ3v) is 4.29. The zero-order valence-electron chi connectivity index (χ0n) is 7.84. The van der Waals surface area contributed by atoms with Crippen LogP contribution in [0, 0.1) is 5.92 Å². The molecule has 2 heterocycles. The summed E-state index contributed by atoms with van der Waals surface area (Å²) in [4.78, 5) is 2.81. The van der Waals surface area contributed by atoms with Gasteiger partial charge in [0.2, 0.25) is 0 Å². The molecule has 3 rings (SSSR count). The van der Waals surface area contributed by atoms with Gasteiger partial charge < -0.3 is 0 Å². The SMILES string of the molecule is C1CCC2C(C1)C1CCCCN21. The summed E-state index contributed by atoms with van der Waals surface area (Å²) in [5, 5.41) is 0. The van der Waals surface area contributed by atoms with Crippen LogP contribution in [0.4, 0.5) is 0 Å². The summed E-state index contributed by atoms with van der Waals surface area (Å²) in [6.07, 6.45) is 10.6. The van der Waals surface area contributed by atoms with Crippen molar-refractivity contribution in [3.05, 3.63) is 0 Å². The first kappa shape index (κ1) is 7.37. The van der Waals surface area contributed by atoms with Gasteiger partial charge in [0.05, 0.1) is 0 Å². The van der Waals surface area contributed by atoms with Crippen LogP contribution in [0.2, 0.25) is 0 Å². The average molecular weight is 165 g/mol. The van der Waals surface area contributed by atoms with Gasteiger partial charge in [-0.2, -0.15) is 0 Å². The van der Waals surface area contributed by atoms with Gasteiger partial charge in [-0.3, -0.25) is 4.90 Å². The molecule has 2 saturated heterocycles. The number of piperidine rings is 1. The molecule has 2 aliphatic heterocycles. The molecule has 1 aliphatic carbocycles. The second kappa shape index (κ2) is 2.73. The Bertz CT molecular complexity index is 130. The Labute approximate surface area is 75.1 Å². The molecule has 68 valence electrons. The second-order valence-electron chi connectivity index (χ2n) is 4.82. The van der Waals surface area contributed by atoms with E-state index in [0.29, 0.717) is 0 Å². The Morgan fingerprint density at radius 1 is 0.750 bits per heavy atom. The summed E-state index contributed by atoms with van der Waals surface area (Å²) in [6, 6.07) is 2.06. The fourth-order valence-electron chi connectivity index (χ4n) is 3.75. The molecule has 3 unspecified atom stereocenters. The molecule has 0 amide bonds. The van der Waals surface area contributed by atoms with Gasteiger partial charge in [-0.05, 0) is 38.1 Å². The van der Waals surface area contributed by atoms with Crippen LogP contribution in [0.25, 0.3) is 0 Å². The van der Waals surface area contributed by atoms with Crippen molar-refractivity contribution in [2.24, 2.45) is 5.92 Å². The van der Waals surface area contributed by atoms with Crippen LogP contribution in [-0.4, -0.2) is 23.5 Å². The molecule has 0 aromatic rings. The fourth-order valence-corrected chi connectivity index (χ4v) is 3.75. The normalized spacial score (nSPS) is 47.5. The lowest BCUT2D eigenvalue weighted by molar-refractivity contribution is -0.0991. The molecular weight excluding hydrogens is 146 g/mol. The number of nitrogens with zero attached hydrogens (tertiary/aromatic N) is 1. The van der Waals surface area contributed by atoms with E-state index in [1.807, 2.05) is 0 Å². The van der Waals surface area contributed by atoms with Crippen molar-refractivity contribution < 1.29 is 0 Å². The van der Waals surface area contributed by atoms with E-state index in [9.17, 15) is 0 Å². The van der Waals surface area contributed by atoms with Crippen LogP contribution in [0.15, 0.2) is 0 Å². The second-order valence-corrected chi connectivity index (χ2v) is 4.82. The maximum absolute atomic E-state index is 2.81. The van der Waals surface area contributed by atoms with Crippen molar-refractivity contribution >= 4 is 0 Å². The molecule has 0 N–H and O–H groups in total. The van der Waals surface area contributed by atoms with Gasteiger partial charge in [0, 0.05) is 12.1 Å². The molecule has 0 radical (unpaired) electrons. The highest BCUT2D eigenvalue weighted by atomic mass is 15.3. The van der Waals surface area contributed by atoms with Gasteiger partial charge >= 0.3 is 0 Å². The quantitative estimate of drug-likeness (QED) is 0.533. The molecule has 3 aliphatic rings. The molecule has 0 aromatic carbocycles. The fraction of sp³-hybridized carbons (Fsp3) is 1.00.